The first-order chi connectivity index (χ1) is 39.3. The molecule has 6 unspecified atom stereocenters. The van der Waals surface area contributed by atoms with Crippen molar-refractivity contribution in [2.75, 3.05) is 6.61 Å². The van der Waals surface area contributed by atoms with Gasteiger partial charge in [-0.15, -0.1) is 0 Å². The van der Waals surface area contributed by atoms with Gasteiger partial charge < -0.3 is 28.4 Å². The largest absolute Gasteiger partial charge is 0.487 e. The molecule has 0 spiro atoms. The number of ketones is 1. The highest BCUT2D eigenvalue weighted by molar-refractivity contribution is 5.89. The van der Waals surface area contributed by atoms with Crippen LogP contribution in [0, 0.1) is 77.0 Å². The molecule has 4 rings (SSSR count). The molecule has 2 aliphatic rings. The third-order valence-corrected chi connectivity index (χ3v) is 19.4. The summed E-state index contributed by atoms with van der Waals surface area (Å²) in [6.45, 7) is 42.5. The fraction of sp³-hybridized carbons (Fsp3) is 0.784. The van der Waals surface area contributed by atoms with E-state index in [1.165, 1.54) is 89.9 Å². The van der Waals surface area contributed by atoms with Crippen molar-refractivity contribution in [1.82, 2.24) is 0 Å². The van der Waals surface area contributed by atoms with Crippen molar-refractivity contribution in [1.29, 1.82) is 0 Å². The van der Waals surface area contributed by atoms with Crippen molar-refractivity contribution in [2.24, 2.45) is 35.5 Å². The van der Waals surface area contributed by atoms with Crippen LogP contribution in [0.4, 0.5) is 0 Å². The van der Waals surface area contributed by atoms with Gasteiger partial charge in [-0.05, 0) is 203 Å². The Kier molecular flexibility index (Phi) is 28.9. The number of hydrogen-bond acceptors (Lipinski definition) is 10. The molecule has 0 bridgehead atoms. The lowest BCUT2D eigenvalue weighted by Gasteiger charge is -2.38. The minimum atomic E-state index is -1.19. The van der Waals surface area contributed by atoms with Gasteiger partial charge in [0.15, 0.2) is 5.78 Å². The Bertz CT molecular complexity index is 2440. The van der Waals surface area contributed by atoms with Crippen molar-refractivity contribution in [3.05, 3.63) is 44.5 Å². The summed E-state index contributed by atoms with van der Waals surface area (Å²) in [6, 6.07) is 0. The Hall–Kier alpha value is -3.92. The van der Waals surface area contributed by atoms with Crippen molar-refractivity contribution in [3.8, 4) is 23.0 Å². The molecule has 10 heteroatoms. The molecule has 0 saturated carbocycles. The van der Waals surface area contributed by atoms with Gasteiger partial charge in [-0.25, -0.2) is 0 Å². The van der Waals surface area contributed by atoms with Gasteiger partial charge in [0.2, 0.25) is 0 Å². The van der Waals surface area contributed by atoms with Crippen LogP contribution in [0.3, 0.4) is 0 Å². The molecule has 478 valence electrons. The van der Waals surface area contributed by atoms with Crippen LogP contribution in [0.15, 0.2) is 0 Å². The second kappa shape index (κ2) is 33.4. The highest BCUT2D eigenvalue weighted by Gasteiger charge is 2.38. The summed E-state index contributed by atoms with van der Waals surface area (Å²) in [7, 11) is 0. The third-order valence-electron chi connectivity index (χ3n) is 19.4. The summed E-state index contributed by atoms with van der Waals surface area (Å²) >= 11 is 0. The Morgan fingerprint density at radius 3 is 1.19 bits per heavy atom. The van der Waals surface area contributed by atoms with Crippen molar-refractivity contribution >= 4 is 23.7 Å². The summed E-state index contributed by atoms with van der Waals surface area (Å²) in [4.78, 5) is 53.3. The molecular weight excluding hydrogens is 1050 g/mol. The van der Waals surface area contributed by atoms with E-state index in [1.807, 2.05) is 41.5 Å². The summed E-state index contributed by atoms with van der Waals surface area (Å²) < 4.78 is 37.6. The van der Waals surface area contributed by atoms with Gasteiger partial charge in [0.1, 0.15) is 45.4 Å². The SMILES string of the molecule is Cc1c(C)c2c(c(C)c1OC(=O)CCC(=O)OC(C)(C)CCOC(C)(C)C(=O)CCC(=O)Oc1c(C)c(C)c3c(c1C)CCC(C)(CCCC(C)CCCC(C)CCCC(C)C)O3)CCC(C)(CCCC(C)CCCC(C)CCCC(C)C)O2. The molecule has 2 heterocycles. The van der Waals surface area contributed by atoms with Crippen molar-refractivity contribution in [2.45, 2.75) is 334 Å². The average molecular weight is 1170 g/mol. The van der Waals surface area contributed by atoms with Gasteiger partial charge in [-0.1, -0.05) is 145 Å². The molecule has 0 saturated heterocycles. The van der Waals surface area contributed by atoms with Gasteiger partial charge in [0.05, 0.1) is 25.9 Å². The van der Waals surface area contributed by atoms with E-state index in [0.717, 1.165) is 131 Å². The Morgan fingerprint density at radius 1 is 0.464 bits per heavy atom. The molecule has 0 radical (unpaired) electrons. The van der Waals surface area contributed by atoms with E-state index in [2.05, 4.69) is 69.2 Å². The van der Waals surface area contributed by atoms with E-state index in [4.69, 9.17) is 28.4 Å². The topological polar surface area (TPSA) is 124 Å². The molecule has 0 aliphatic carbocycles. The predicted molar refractivity (Wildman–Crippen MR) is 345 cm³/mol. The molecule has 10 nitrogen and oxygen atoms in total. The first-order valence-corrected chi connectivity index (χ1v) is 33.7. The lowest BCUT2D eigenvalue weighted by Crippen LogP contribution is -2.38. The molecule has 2 aliphatic heterocycles. The summed E-state index contributed by atoms with van der Waals surface area (Å²) in [5, 5.41) is 0. The fourth-order valence-electron chi connectivity index (χ4n) is 12.9. The van der Waals surface area contributed by atoms with E-state index in [0.29, 0.717) is 29.8 Å². The number of Topliss-reactive ketones (excluding diaryl/α,β-unsaturated/α-hetero) is 1. The highest BCUT2D eigenvalue weighted by atomic mass is 16.6. The van der Waals surface area contributed by atoms with Crippen LogP contribution in [0.5, 0.6) is 23.0 Å². The van der Waals surface area contributed by atoms with E-state index in [-0.39, 0.29) is 49.3 Å². The van der Waals surface area contributed by atoms with E-state index >= 15 is 0 Å². The lowest BCUT2D eigenvalue weighted by molar-refractivity contribution is -0.162. The number of hydrogen-bond donors (Lipinski definition) is 0. The normalized spacial score (nSPS) is 18.5. The zero-order chi connectivity index (χ0) is 62.7. The zero-order valence-electron chi connectivity index (χ0n) is 57.3. The number of carbonyl (C=O) groups is 4. The zero-order valence-corrected chi connectivity index (χ0v) is 57.3. The third kappa shape index (κ3) is 23.3. The first-order valence-electron chi connectivity index (χ1n) is 33.7. The Balaban J connectivity index is 1.16. The maximum absolute atomic E-state index is 13.5. The standard InChI is InChI=1S/C74H122O10/c1-49(2)27-21-29-51(5)31-23-33-53(7)35-25-43-73(19)45-41-61-59(13)67(55(9)57(11)69(61)83-73)80-64(76)38-37-63(75)72(17,18)79-48-47-71(15,16)82-66(78)40-39-65(77)81-68-56(10)58(12)70-62(60(68)14)42-46-74(20,84-70)44-26-36-54(8)34-24-32-52(6)30-22-28-50(3)4/h49-54H,21-48H2,1-20H3. The van der Waals surface area contributed by atoms with E-state index < -0.39 is 29.1 Å². The molecule has 0 amide bonds. The molecule has 2 aromatic carbocycles. The fourth-order valence-corrected chi connectivity index (χ4v) is 12.9. The van der Waals surface area contributed by atoms with Gasteiger partial charge in [0.25, 0.3) is 0 Å². The highest BCUT2D eigenvalue weighted by Crippen LogP contribution is 2.47. The summed E-state index contributed by atoms with van der Waals surface area (Å²) in [5.41, 5.74) is 5.15. The second-order valence-electron chi connectivity index (χ2n) is 29.6. The monoisotopic (exact) mass is 1170 g/mol. The average Bonchev–Trinajstić information content (AvgIpc) is 1.08. The summed E-state index contributed by atoms with van der Waals surface area (Å²) in [6.07, 6.45) is 26.1. The Labute approximate surface area is 512 Å². The molecule has 84 heavy (non-hydrogen) atoms. The van der Waals surface area contributed by atoms with E-state index in [9.17, 15) is 19.2 Å². The van der Waals surface area contributed by atoms with Gasteiger partial charge in [-0.3, -0.25) is 19.2 Å². The smallest absolute Gasteiger partial charge is 0.311 e. The van der Waals surface area contributed by atoms with Gasteiger partial charge in [-0.2, -0.15) is 0 Å². The van der Waals surface area contributed by atoms with Crippen LogP contribution >= 0.6 is 0 Å². The molecule has 0 N–H and O–H groups in total. The number of carbonyl (C=O) groups excluding carboxylic acids is 4. The van der Waals surface area contributed by atoms with Crippen molar-refractivity contribution < 1.29 is 47.6 Å². The van der Waals surface area contributed by atoms with Crippen LogP contribution in [-0.2, 0) is 41.5 Å². The number of ether oxygens (including phenoxy) is 6. The number of esters is 3. The molecule has 0 aromatic heterocycles. The maximum Gasteiger partial charge on any atom is 0.311 e. The van der Waals surface area contributed by atoms with Crippen LogP contribution in [0.1, 0.15) is 302 Å². The minimum absolute atomic E-state index is 0.0461. The van der Waals surface area contributed by atoms with Gasteiger partial charge in [0, 0.05) is 24.0 Å². The number of benzene rings is 2. The van der Waals surface area contributed by atoms with Crippen LogP contribution in [0.25, 0.3) is 0 Å². The second-order valence-corrected chi connectivity index (χ2v) is 29.6. The number of rotatable bonds is 38. The molecule has 0 fully saturated rings. The van der Waals surface area contributed by atoms with Crippen molar-refractivity contribution in [3.63, 3.8) is 0 Å². The quantitative estimate of drug-likeness (QED) is 0.0474. The number of fused-ring (bicyclic) bond motifs is 2. The summed E-state index contributed by atoms with van der Waals surface area (Å²) in [5.74, 6) is 5.89. The maximum atomic E-state index is 13.5. The Morgan fingerprint density at radius 2 is 0.810 bits per heavy atom. The van der Waals surface area contributed by atoms with Crippen LogP contribution < -0.4 is 18.9 Å². The minimum Gasteiger partial charge on any atom is -0.487 e. The van der Waals surface area contributed by atoms with Crippen LogP contribution in [-0.4, -0.2) is 52.7 Å². The first kappa shape index (κ1) is 72.6. The molecule has 6 atom stereocenters. The van der Waals surface area contributed by atoms with Gasteiger partial charge >= 0.3 is 17.9 Å². The lowest BCUT2D eigenvalue weighted by atomic mass is 9.83. The van der Waals surface area contributed by atoms with E-state index in [1.54, 1.807) is 27.7 Å². The molecular formula is C74H122O10. The predicted octanol–water partition coefficient (Wildman–Crippen LogP) is 19.7. The molecule has 2 aromatic rings. The van der Waals surface area contributed by atoms with Crippen LogP contribution in [0.2, 0.25) is 0 Å².